The summed E-state index contributed by atoms with van der Waals surface area (Å²) >= 11 is 7.90. The maximum Gasteiger partial charge on any atom is 0.203 e. The fraction of sp³-hybridized carbons (Fsp3) is 0.700. The fourth-order valence-corrected chi connectivity index (χ4v) is 2.79. The lowest BCUT2D eigenvalue weighted by Gasteiger charge is -2.21. The van der Waals surface area contributed by atoms with Gasteiger partial charge in [0.1, 0.15) is 0 Å². The van der Waals surface area contributed by atoms with Gasteiger partial charge in [-0.3, -0.25) is 0 Å². The van der Waals surface area contributed by atoms with E-state index in [1.54, 1.807) is 0 Å². The molecule has 2 heterocycles. The summed E-state index contributed by atoms with van der Waals surface area (Å²) in [5.74, 6) is 1.75. The van der Waals surface area contributed by atoms with E-state index in [-0.39, 0.29) is 0 Å². The van der Waals surface area contributed by atoms with Gasteiger partial charge < -0.3 is 4.57 Å². The maximum atomic E-state index is 6.09. The summed E-state index contributed by atoms with van der Waals surface area (Å²) in [6.45, 7) is 3.34. The molecule has 78 valence electrons. The van der Waals surface area contributed by atoms with Crippen LogP contribution in [0.25, 0.3) is 0 Å². The number of halogens is 1. The van der Waals surface area contributed by atoms with Crippen molar-refractivity contribution in [2.24, 2.45) is 5.92 Å². The highest BCUT2D eigenvalue weighted by atomic mass is 35.5. The third kappa shape index (κ3) is 1.80. The predicted octanol–water partition coefficient (Wildman–Crippen LogP) is 2.98. The van der Waals surface area contributed by atoms with Gasteiger partial charge in [-0.2, -0.15) is 11.8 Å². The third-order valence-electron chi connectivity index (χ3n) is 2.78. The molecular weight excluding hydrogens is 216 g/mol. The van der Waals surface area contributed by atoms with Crippen LogP contribution in [0, 0.1) is 5.92 Å². The van der Waals surface area contributed by atoms with Crippen LogP contribution in [0.2, 0.25) is 5.28 Å². The Kier molecular flexibility index (Phi) is 3.07. The summed E-state index contributed by atoms with van der Waals surface area (Å²) in [6, 6.07) is 0. The van der Waals surface area contributed by atoms with Crippen LogP contribution in [0.4, 0.5) is 0 Å². The monoisotopic (exact) mass is 230 g/mol. The lowest BCUT2D eigenvalue weighted by atomic mass is 9.97. The van der Waals surface area contributed by atoms with E-state index in [2.05, 4.69) is 22.7 Å². The molecule has 4 heteroatoms. The Morgan fingerprint density at radius 3 is 3.14 bits per heavy atom. The standard InChI is InChI=1S/C10H15ClN2S/c1-7-3-4-13-9(5-7)8(6-14-2)12-10(13)11/h7H,3-6H2,1-2H3. The van der Waals surface area contributed by atoms with Crippen LogP contribution < -0.4 is 0 Å². The van der Waals surface area contributed by atoms with E-state index in [0.717, 1.165) is 24.6 Å². The van der Waals surface area contributed by atoms with E-state index in [1.165, 1.54) is 17.8 Å². The van der Waals surface area contributed by atoms with Gasteiger partial charge in [0.05, 0.1) is 5.69 Å². The van der Waals surface area contributed by atoms with Gasteiger partial charge in [-0.25, -0.2) is 4.98 Å². The van der Waals surface area contributed by atoms with E-state index in [1.807, 2.05) is 11.8 Å². The quantitative estimate of drug-likeness (QED) is 0.778. The molecule has 0 N–H and O–H groups in total. The maximum absolute atomic E-state index is 6.09. The van der Waals surface area contributed by atoms with Crippen molar-refractivity contribution in [1.29, 1.82) is 0 Å². The molecule has 0 saturated carbocycles. The van der Waals surface area contributed by atoms with Crippen LogP contribution in [-0.2, 0) is 18.7 Å². The van der Waals surface area contributed by atoms with Gasteiger partial charge in [-0.15, -0.1) is 0 Å². The molecule has 1 atom stereocenters. The Morgan fingerprint density at radius 2 is 2.43 bits per heavy atom. The summed E-state index contributed by atoms with van der Waals surface area (Å²) < 4.78 is 2.17. The van der Waals surface area contributed by atoms with Crippen molar-refractivity contribution >= 4 is 23.4 Å². The third-order valence-corrected chi connectivity index (χ3v) is 3.63. The Morgan fingerprint density at radius 1 is 1.64 bits per heavy atom. The molecule has 0 radical (unpaired) electrons. The van der Waals surface area contributed by atoms with Gasteiger partial charge in [0.25, 0.3) is 0 Å². The Balaban J connectivity index is 2.34. The number of nitrogens with zero attached hydrogens (tertiary/aromatic N) is 2. The zero-order valence-corrected chi connectivity index (χ0v) is 10.2. The van der Waals surface area contributed by atoms with Crippen molar-refractivity contribution in [2.75, 3.05) is 6.26 Å². The smallest absolute Gasteiger partial charge is 0.203 e. The van der Waals surface area contributed by atoms with Crippen LogP contribution in [0.15, 0.2) is 0 Å². The highest BCUT2D eigenvalue weighted by Crippen LogP contribution is 2.28. The molecule has 2 nitrogen and oxygen atoms in total. The number of imidazole rings is 1. The molecule has 0 fully saturated rings. The van der Waals surface area contributed by atoms with Crippen LogP contribution in [0.5, 0.6) is 0 Å². The molecule has 0 bridgehead atoms. The average molecular weight is 231 g/mol. The van der Waals surface area contributed by atoms with Crippen molar-refractivity contribution in [3.63, 3.8) is 0 Å². The molecule has 14 heavy (non-hydrogen) atoms. The first-order valence-corrected chi connectivity index (χ1v) is 6.72. The minimum Gasteiger partial charge on any atom is -0.319 e. The highest BCUT2D eigenvalue weighted by Gasteiger charge is 2.21. The number of rotatable bonds is 2. The molecule has 0 aromatic carbocycles. The molecule has 0 spiro atoms. The minimum atomic E-state index is 0.677. The number of aromatic nitrogens is 2. The Bertz CT molecular complexity index is 335. The predicted molar refractivity (Wildman–Crippen MR) is 61.9 cm³/mol. The molecule has 0 aliphatic carbocycles. The number of fused-ring (bicyclic) bond motifs is 1. The van der Waals surface area contributed by atoms with Gasteiger partial charge in [-0.05, 0) is 36.6 Å². The van der Waals surface area contributed by atoms with Crippen molar-refractivity contribution in [2.45, 2.75) is 32.1 Å². The number of thioether (sulfide) groups is 1. The molecule has 1 aromatic heterocycles. The molecule has 2 rings (SSSR count). The largest absolute Gasteiger partial charge is 0.319 e. The normalized spacial score (nSPS) is 20.9. The Hall–Kier alpha value is -0.150. The number of hydrogen-bond donors (Lipinski definition) is 0. The number of hydrogen-bond acceptors (Lipinski definition) is 2. The van der Waals surface area contributed by atoms with Gasteiger partial charge in [0.15, 0.2) is 0 Å². The van der Waals surface area contributed by atoms with Crippen LogP contribution >= 0.6 is 23.4 Å². The minimum absolute atomic E-state index is 0.677. The second kappa shape index (κ2) is 4.15. The first-order chi connectivity index (χ1) is 6.72. The van der Waals surface area contributed by atoms with Gasteiger partial charge in [0, 0.05) is 18.0 Å². The van der Waals surface area contributed by atoms with Crippen molar-refractivity contribution in [1.82, 2.24) is 9.55 Å². The molecule has 1 unspecified atom stereocenters. The van der Waals surface area contributed by atoms with Crippen molar-refractivity contribution < 1.29 is 0 Å². The fourth-order valence-electron chi connectivity index (χ4n) is 1.99. The van der Waals surface area contributed by atoms with Crippen molar-refractivity contribution in [3.05, 3.63) is 16.7 Å². The van der Waals surface area contributed by atoms with E-state index in [4.69, 9.17) is 11.6 Å². The summed E-state index contributed by atoms with van der Waals surface area (Å²) in [5.41, 5.74) is 2.55. The first-order valence-electron chi connectivity index (χ1n) is 4.95. The lowest BCUT2D eigenvalue weighted by Crippen LogP contribution is -2.17. The molecule has 0 amide bonds. The molecule has 1 aliphatic rings. The van der Waals surface area contributed by atoms with Crippen LogP contribution in [0.1, 0.15) is 24.7 Å². The molecule has 1 aromatic rings. The van der Waals surface area contributed by atoms with Crippen LogP contribution in [-0.4, -0.2) is 15.8 Å². The SMILES string of the molecule is CSCc1nc(Cl)n2c1CC(C)CC2. The molecular formula is C10H15ClN2S. The summed E-state index contributed by atoms with van der Waals surface area (Å²) in [4.78, 5) is 4.42. The lowest BCUT2D eigenvalue weighted by molar-refractivity contribution is 0.416. The van der Waals surface area contributed by atoms with E-state index >= 15 is 0 Å². The van der Waals surface area contributed by atoms with E-state index in [0.29, 0.717) is 5.28 Å². The van der Waals surface area contributed by atoms with Crippen LogP contribution in [0.3, 0.4) is 0 Å². The zero-order chi connectivity index (χ0) is 10.1. The highest BCUT2D eigenvalue weighted by molar-refractivity contribution is 7.97. The van der Waals surface area contributed by atoms with Gasteiger partial charge in [-0.1, -0.05) is 6.92 Å². The Labute approximate surface area is 94.0 Å². The topological polar surface area (TPSA) is 17.8 Å². The summed E-state index contributed by atoms with van der Waals surface area (Å²) in [5, 5.41) is 0.677. The summed E-state index contributed by atoms with van der Waals surface area (Å²) in [7, 11) is 0. The summed E-state index contributed by atoms with van der Waals surface area (Å²) in [6.07, 6.45) is 4.46. The van der Waals surface area contributed by atoms with Gasteiger partial charge >= 0.3 is 0 Å². The zero-order valence-electron chi connectivity index (χ0n) is 8.59. The molecule has 0 saturated heterocycles. The second-order valence-electron chi connectivity index (χ2n) is 3.96. The first kappa shape index (κ1) is 10.4. The van der Waals surface area contributed by atoms with E-state index < -0.39 is 0 Å². The van der Waals surface area contributed by atoms with Crippen molar-refractivity contribution in [3.8, 4) is 0 Å². The molecule has 1 aliphatic heterocycles. The average Bonchev–Trinajstić information content (AvgIpc) is 2.44. The second-order valence-corrected chi connectivity index (χ2v) is 5.16. The van der Waals surface area contributed by atoms with Gasteiger partial charge in [0.2, 0.25) is 5.28 Å². The van der Waals surface area contributed by atoms with E-state index in [9.17, 15) is 0 Å².